The first-order valence-corrected chi connectivity index (χ1v) is 7.94. The molecule has 2 aromatic rings. The van der Waals surface area contributed by atoms with Crippen molar-refractivity contribution in [1.29, 1.82) is 0 Å². The number of esters is 1. The Hall–Kier alpha value is -1.84. The smallest absolute Gasteiger partial charge is 0.311 e. The van der Waals surface area contributed by atoms with Crippen LogP contribution in [0.5, 0.6) is 0 Å². The molecule has 112 valence electrons. The van der Waals surface area contributed by atoms with Crippen molar-refractivity contribution < 1.29 is 14.3 Å². The van der Waals surface area contributed by atoms with Gasteiger partial charge in [0.2, 0.25) is 0 Å². The quantitative estimate of drug-likeness (QED) is 0.777. The van der Waals surface area contributed by atoms with Gasteiger partial charge in [-0.2, -0.15) is 0 Å². The monoisotopic (exact) mass is 326 g/mol. The molecule has 0 aromatic carbocycles. The molecule has 0 aliphatic heterocycles. The number of hydrogen-bond acceptors (Lipinski definition) is 8. The van der Waals surface area contributed by atoms with E-state index in [0.29, 0.717) is 34.7 Å². The number of anilines is 1. The fourth-order valence-corrected chi connectivity index (χ4v) is 2.84. The van der Waals surface area contributed by atoms with Crippen molar-refractivity contribution in [3.63, 3.8) is 0 Å². The minimum absolute atomic E-state index is 0.0915. The molecule has 2 aromatic heterocycles. The summed E-state index contributed by atoms with van der Waals surface area (Å²) in [6.45, 7) is 2.38. The zero-order chi connectivity index (χ0) is 15.2. The molecule has 2 rings (SSSR count). The van der Waals surface area contributed by atoms with Crippen LogP contribution in [-0.4, -0.2) is 28.5 Å². The molecule has 0 radical (unpaired) electrons. The van der Waals surface area contributed by atoms with Crippen LogP contribution in [0.4, 0.5) is 5.13 Å². The van der Waals surface area contributed by atoms with Crippen LogP contribution in [0, 0.1) is 0 Å². The van der Waals surface area contributed by atoms with Crippen LogP contribution in [0.25, 0.3) is 0 Å². The van der Waals surface area contributed by atoms with Crippen molar-refractivity contribution in [3.05, 3.63) is 27.2 Å². The van der Waals surface area contributed by atoms with Gasteiger partial charge in [-0.05, 0) is 6.92 Å². The predicted octanol–water partition coefficient (Wildman–Crippen LogP) is 1.42. The number of ether oxygens (including phenoxy) is 1. The Morgan fingerprint density at radius 2 is 2.14 bits per heavy atom. The zero-order valence-corrected chi connectivity index (χ0v) is 12.9. The second-order valence-corrected chi connectivity index (χ2v) is 5.71. The van der Waals surface area contributed by atoms with Crippen LogP contribution in [0.15, 0.2) is 10.8 Å². The lowest BCUT2D eigenvalue weighted by Crippen LogP contribution is -2.13. The highest BCUT2D eigenvalue weighted by Crippen LogP contribution is 2.18. The highest BCUT2D eigenvalue weighted by Gasteiger charge is 2.13. The lowest BCUT2D eigenvalue weighted by atomic mass is 10.3. The summed E-state index contributed by atoms with van der Waals surface area (Å²) in [5.41, 5.74) is 6.32. The number of nitrogens with one attached hydrogen (secondary N) is 1. The Balaban J connectivity index is 1.95. The molecule has 1 amide bonds. The minimum atomic E-state index is -0.344. The van der Waals surface area contributed by atoms with Crippen LogP contribution >= 0.6 is 22.7 Å². The van der Waals surface area contributed by atoms with Crippen molar-refractivity contribution in [2.75, 3.05) is 11.9 Å². The molecule has 2 heterocycles. The van der Waals surface area contributed by atoms with Crippen LogP contribution in [0.3, 0.4) is 0 Å². The maximum absolute atomic E-state index is 11.9. The summed E-state index contributed by atoms with van der Waals surface area (Å²) < 4.78 is 4.84. The lowest BCUT2D eigenvalue weighted by Gasteiger charge is -1.99. The molecular weight excluding hydrogens is 312 g/mol. The van der Waals surface area contributed by atoms with Crippen molar-refractivity contribution >= 4 is 39.7 Å². The Kier molecular flexibility index (Phi) is 5.37. The summed E-state index contributed by atoms with van der Waals surface area (Å²) in [6, 6.07) is 0. The van der Waals surface area contributed by atoms with Gasteiger partial charge in [-0.15, -0.1) is 22.7 Å². The van der Waals surface area contributed by atoms with E-state index in [1.165, 1.54) is 22.7 Å². The molecule has 0 spiro atoms. The maximum atomic E-state index is 11.9. The van der Waals surface area contributed by atoms with Crippen molar-refractivity contribution in [3.8, 4) is 0 Å². The van der Waals surface area contributed by atoms with E-state index in [1.807, 2.05) is 0 Å². The first-order valence-electron chi connectivity index (χ1n) is 6.18. The molecule has 3 N–H and O–H groups in total. The highest BCUT2D eigenvalue weighted by atomic mass is 32.1. The lowest BCUT2D eigenvalue weighted by molar-refractivity contribution is -0.142. The summed E-state index contributed by atoms with van der Waals surface area (Å²) in [5, 5.41) is 7.11. The van der Waals surface area contributed by atoms with Crippen molar-refractivity contribution in [2.45, 2.75) is 19.9 Å². The molecule has 0 unspecified atom stereocenters. The van der Waals surface area contributed by atoms with E-state index in [9.17, 15) is 9.59 Å². The third kappa shape index (κ3) is 4.31. The average molecular weight is 326 g/mol. The van der Waals surface area contributed by atoms with Gasteiger partial charge in [-0.25, -0.2) is 9.97 Å². The largest absolute Gasteiger partial charge is 0.466 e. The molecule has 0 aliphatic rings. The third-order valence-corrected chi connectivity index (χ3v) is 4.04. The topological polar surface area (TPSA) is 107 Å². The van der Waals surface area contributed by atoms with Crippen LogP contribution in [0.2, 0.25) is 0 Å². The summed E-state index contributed by atoms with van der Waals surface area (Å²) in [5.74, 6) is -0.684. The van der Waals surface area contributed by atoms with Crippen LogP contribution in [-0.2, 0) is 22.5 Å². The van der Waals surface area contributed by atoms with E-state index in [-0.39, 0.29) is 18.3 Å². The minimum Gasteiger partial charge on any atom is -0.466 e. The number of aromatic nitrogens is 2. The molecule has 0 saturated carbocycles. The van der Waals surface area contributed by atoms with E-state index in [1.54, 1.807) is 17.7 Å². The van der Waals surface area contributed by atoms with Gasteiger partial charge in [0.25, 0.3) is 5.91 Å². The van der Waals surface area contributed by atoms with E-state index in [0.717, 1.165) is 0 Å². The SMILES string of the molecule is CCOC(=O)Cc1csc(NC(=O)c2csc(CN)n2)n1. The molecule has 0 aliphatic carbocycles. The Labute approximate surface area is 129 Å². The van der Waals surface area contributed by atoms with Crippen molar-refractivity contribution in [1.82, 2.24) is 9.97 Å². The van der Waals surface area contributed by atoms with Gasteiger partial charge in [-0.3, -0.25) is 14.9 Å². The molecule has 0 bridgehead atoms. The van der Waals surface area contributed by atoms with Gasteiger partial charge in [0.05, 0.1) is 18.7 Å². The van der Waals surface area contributed by atoms with E-state index >= 15 is 0 Å². The van der Waals surface area contributed by atoms with Crippen LogP contribution < -0.4 is 11.1 Å². The summed E-state index contributed by atoms with van der Waals surface area (Å²) in [7, 11) is 0. The first kappa shape index (κ1) is 15.5. The Morgan fingerprint density at radius 1 is 1.33 bits per heavy atom. The number of hydrogen-bond donors (Lipinski definition) is 2. The molecule has 7 nitrogen and oxygen atoms in total. The van der Waals surface area contributed by atoms with Crippen molar-refractivity contribution in [2.24, 2.45) is 5.73 Å². The molecule has 0 fully saturated rings. The zero-order valence-electron chi connectivity index (χ0n) is 11.3. The van der Waals surface area contributed by atoms with E-state index in [4.69, 9.17) is 10.5 Å². The number of carbonyl (C=O) groups is 2. The second kappa shape index (κ2) is 7.25. The van der Waals surface area contributed by atoms with Gasteiger partial charge in [-0.1, -0.05) is 0 Å². The number of rotatable bonds is 6. The Bertz CT molecular complexity index is 638. The van der Waals surface area contributed by atoms with Gasteiger partial charge in [0, 0.05) is 17.3 Å². The summed E-state index contributed by atoms with van der Waals surface area (Å²) >= 11 is 2.58. The number of nitrogens with two attached hydrogens (primary N) is 1. The molecular formula is C12H14N4O3S2. The molecule has 9 heteroatoms. The fraction of sp³-hybridized carbons (Fsp3) is 0.333. The van der Waals surface area contributed by atoms with Gasteiger partial charge in [0.1, 0.15) is 10.7 Å². The average Bonchev–Trinajstić information content (AvgIpc) is 3.08. The molecule has 21 heavy (non-hydrogen) atoms. The normalized spacial score (nSPS) is 10.4. The number of thiazole rings is 2. The van der Waals surface area contributed by atoms with Gasteiger partial charge < -0.3 is 10.5 Å². The first-order chi connectivity index (χ1) is 10.1. The van der Waals surface area contributed by atoms with E-state index in [2.05, 4.69) is 15.3 Å². The predicted molar refractivity (Wildman–Crippen MR) is 80.4 cm³/mol. The van der Waals surface area contributed by atoms with Gasteiger partial charge in [0.15, 0.2) is 5.13 Å². The third-order valence-electron chi connectivity index (χ3n) is 2.36. The molecule has 0 atom stereocenters. The summed E-state index contributed by atoms with van der Waals surface area (Å²) in [6.07, 6.45) is 0.0915. The Morgan fingerprint density at radius 3 is 2.81 bits per heavy atom. The maximum Gasteiger partial charge on any atom is 0.311 e. The number of carbonyl (C=O) groups excluding carboxylic acids is 2. The molecule has 0 saturated heterocycles. The van der Waals surface area contributed by atoms with Gasteiger partial charge >= 0.3 is 5.97 Å². The highest BCUT2D eigenvalue weighted by molar-refractivity contribution is 7.14. The number of nitrogens with zero attached hydrogens (tertiary/aromatic N) is 2. The summed E-state index contributed by atoms with van der Waals surface area (Å²) in [4.78, 5) is 31.5. The van der Waals surface area contributed by atoms with Crippen LogP contribution in [0.1, 0.15) is 28.1 Å². The standard InChI is InChI=1S/C12H14N4O3S2/c1-2-19-10(17)3-7-5-21-12(14-7)16-11(18)8-6-20-9(4-13)15-8/h5-6H,2-4,13H2,1H3,(H,14,16,18). The number of amides is 1. The fourth-order valence-electron chi connectivity index (χ4n) is 1.48. The second-order valence-electron chi connectivity index (χ2n) is 3.91. The van der Waals surface area contributed by atoms with E-state index < -0.39 is 0 Å².